The topological polar surface area (TPSA) is 55.8 Å². The van der Waals surface area contributed by atoms with Crippen LogP contribution in [-0.4, -0.2) is 29.9 Å². The first kappa shape index (κ1) is 15.0. The van der Waals surface area contributed by atoms with Crippen LogP contribution in [0.4, 0.5) is 0 Å². The normalized spacial score (nSPS) is 21.2. The summed E-state index contributed by atoms with van der Waals surface area (Å²) in [5.74, 6) is 0.230. The molecule has 0 aromatic carbocycles. The maximum absolute atomic E-state index is 11.4. The summed E-state index contributed by atoms with van der Waals surface area (Å²) in [7, 11) is 0. The maximum atomic E-state index is 11.4. The van der Waals surface area contributed by atoms with Gasteiger partial charge in [-0.05, 0) is 12.8 Å². The van der Waals surface area contributed by atoms with E-state index in [1.165, 1.54) is 6.08 Å². The van der Waals surface area contributed by atoms with Gasteiger partial charge >= 0.3 is 5.97 Å². The van der Waals surface area contributed by atoms with E-state index in [2.05, 4.69) is 13.8 Å². The molecule has 0 saturated heterocycles. The molecule has 18 heavy (non-hydrogen) atoms. The van der Waals surface area contributed by atoms with Gasteiger partial charge in [-0.1, -0.05) is 33.1 Å². The summed E-state index contributed by atoms with van der Waals surface area (Å²) in [5, 5.41) is 9.95. The molecular weight excluding hydrogens is 232 g/mol. The van der Waals surface area contributed by atoms with Crippen molar-refractivity contribution in [2.75, 3.05) is 6.61 Å². The molecule has 0 bridgehead atoms. The molecule has 0 aliphatic carbocycles. The first-order valence-electron chi connectivity index (χ1n) is 6.89. The molecule has 2 atom stereocenters. The van der Waals surface area contributed by atoms with E-state index in [-0.39, 0.29) is 0 Å². The van der Waals surface area contributed by atoms with Crippen LogP contribution in [0.15, 0.2) is 11.8 Å². The minimum Gasteiger partial charge on any atom is -0.498 e. The van der Waals surface area contributed by atoms with Gasteiger partial charge in [0, 0.05) is 6.42 Å². The highest BCUT2D eigenvalue weighted by molar-refractivity contribution is 5.83. The molecule has 104 valence electrons. The molecule has 0 fully saturated rings. The standard InChI is InChI=1S/C14H24O4/c1-3-5-7-12(15)13-9-11(10-14(16)18-13)17-8-6-4-2/h10,12-13,15H,3-9H2,1-2H3/t12-,13-/m0/s1. The Bertz CT molecular complexity index is 286. The number of aliphatic hydroxyl groups excluding tert-OH is 1. The Morgan fingerprint density at radius 3 is 2.83 bits per heavy atom. The molecular formula is C14H24O4. The Hall–Kier alpha value is -1.03. The number of carbonyl (C=O) groups excluding carboxylic acids is 1. The summed E-state index contributed by atoms with van der Waals surface area (Å²) >= 11 is 0. The van der Waals surface area contributed by atoms with Gasteiger partial charge in [0.1, 0.15) is 11.9 Å². The third kappa shape index (κ3) is 5.08. The number of unbranched alkanes of at least 4 members (excludes halogenated alkanes) is 2. The van der Waals surface area contributed by atoms with E-state index in [9.17, 15) is 9.90 Å². The van der Waals surface area contributed by atoms with Gasteiger partial charge in [-0.3, -0.25) is 0 Å². The molecule has 0 aromatic rings. The number of cyclic esters (lactones) is 1. The van der Waals surface area contributed by atoms with Crippen molar-refractivity contribution in [2.24, 2.45) is 0 Å². The molecule has 0 aromatic heterocycles. The zero-order chi connectivity index (χ0) is 13.4. The van der Waals surface area contributed by atoms with E-state index in [0.29, 0.717) is 25.2 Å². The number of esters is 1. The van der Waals surface area contributed by atoms with Crippen LogP contribution in [0, 0.1) is 0 Å². The SMILES string of the molecule is CCCCOC1=CC(=O)O[C@H]([C@@H](O)CCCC)C1. The molecule has 0 unspecified atom stereocenters. The molecule has 1 aliphatic rings. The minimum atomic E-state index is -0.590. The molecule has 0 amide bonds. The van der Waals surface area contributed by atoms with E-state index in [1.807, 2.05) is 0 Å². The number of hydrogen-bond donors (Lipinski definition) is 1. The van der Waals surface area contributed by atoms with Gasteiger partial charge in [-0.25, -0.2) is 4.79 Å². The second kappa shape index (κ2) is 8.14. The Morgan fingerprint density at radius 2 is 2.17 bits per heavy atom. The van der Waals surface area contributed by atoms with E-state index in [1.54, 1.807) is 0 Å². The molecule has 0 radical (unpaired) electrons. The number of hydrogen-bond acceptors (Lipinski definition) is 4. The first-order chi connectivity index (χ1) is 8.67. The lowest BCUT2D eigenvalue weighted by Gasteiger charge is -2.27. The van der Waals surface area contributed by atoms with E-state index in [0.717, 1.165) is 25.7 Å². The van der Waals surface area contributed by atoms with Crippen LogP contribution in [0.5, 0.6) is 0 Å². The third-order valence-corrected chi connectivity index (χ3v) is 3.02. The van der Waals surface area contributed by atoms with Gasteiger partial charge in [-0.15, -0.1) is 0 Å². The average Bonchev–Trinajstić information content (AvgIpc) is 2.35. The zero-order valence-electron chi connectivity index (χ0n) is 11.4. The number of rotatable bonds is 8. The smallest absolute Gasteiger partial charge is 0.334 e. The average molecular weight is 256 g/mol. The van der Waals surface area contributed by atoms with Gasteiger partial charge in [0.2, 0.25) is 0 Å². The fourth-order valence-electron chi connectivity index (χ4n) is 1.88. The summed E-state index contributed by atoms with van der Waals surface area (Å²) in [4.78, 5) is 11.4. The Kier molecular flexibility index (Phi) is 6.80. The van der Waals surface area contributed by atoms with Crippen molar-refractivity contribution < 1.29 is 19.4 Å². The van der Waals surface area contributed by atoms with Crippen LogP contribution in [0.25, 0.3) is 0 Å². The zero-order valence-corrected chi connectivity index (χ0v) is 11.4. The van der Waals surface area contributed by atoms with Crippen LogP contribution >= 0.6 is 0 Å². The van der Waals surface area contributed by atoms with Gasteiger partial charge in [0.15, 0.2) is 0 Å². The van der Waals surface area contributed by atoms with Crippen molar-refractivity contribution in [3.63, 3.8) is 0 Å². The number of carbonyl (C=O) groups is 1. The summed E-state index contributed by atoms with van der Waals surface area (Å²) in [6.45, 7) is 4.77. The molecule has 1 N–H and O–H groups in total. The van der Waals surface area contributed by atoms with Gasteiger partial charge in [0.25, 0.3) is 0 Å². The monoisotopic (exact) mass is 256 g/mol. The molecule has 1 rings (SSSR count). The highest BCUT2D eigenvalue weighted by Gasteiger charge is 2.28. The van der Waals surface area contributed by atoms with E-state index in [4.69, 9.17) is 9.47 Å². The highest BCUT2D eigenvalue weighted by atomic mass is 16.6. The third-order valence-electron chi connectivity index (χ3n) is 3.02. The lowest BCUT2D eigenvalue weighted by molar-refractivity contribution is -0.152. The van der Waals surface area contributed by atoms with Crippen molar-refractivity contribution in [3.8, 4) is 0 Å². The van der Waals surface area contributed by atoms with Crippen LogP contribution < -0.4 is 0 Å². The summed E-state index contributed by atoms with van der Waals surface area (Å²) in [6.07, 6.45) is 5.47. The second-order valence-corrected chi connectivity index (χ2v) is 4.70. The van der Waals surface area contributed by atoms with E-state index >= 15 is 0 Å². The predicted octanol–water partition coefficient (Wildman–Crippen LogP) is 2.55. The Morgan fingerprint density at radius 1 is 1.44 bits per heavy atom. The molecule has 1 aliphatic heterocycles. The predicted molar refractivity (Wildman–Crippen MR) is 69.0 cm³/mol. The molecule has 0 saturated carbocycles. The molecule has 4 heteroatoms. The highest BCUT2D eigenvalue weighted by Crippen LogP contribution is 2.22. The lowest BCUT2D eigenvalue weighted by Crippen LogP contribution is -2.34. The first-order valence-corrected chi connectivity index (χ1v) is 6.89. The van der Waals surface area contributed by atoms with Crippen molar-refractivity contribution in [2.45, 2.75) is 64.6 Å². The molecule has 0 spiro atoms. The Labute approximate surface area is 109 Å². The van der Waals surface area contributed by atoms with Crippen molar-refractivity contribution in [1.82, 2.24) is 0 Å². The fraction of sp³-hybridized carbons (Fsp3) is 0.786. The summed E-state index contributed by atoms with van der Waals surface area (Å²) in [6, 6.07) is 0. The minimum absolute atomic E-state index is 0.409. The van der Waals surface area contributed by atoms with Crippen LogP contribution in [0.1, 0.15) is 52.4 Å². The van der Waals surface area contributed by atoms with Crippen LogP contribution in [0.3, 0.4) is 0 Å². The summed E-state index contributed by atoms with van der Waals surface area (Å²) < 4.78 is 10.7. The second-order valence-electron chi connectivity index (χ2n) is 4.70. The quantitative estimate of drug-likeness (QED) is 0.535. The van der Waals surface area contributed by atoms with E-state index < -0.39 is 18.2 Å². The largest absolute Gasteiger partial charge is 0.498 e. The number of aliphatic hydroxyl groups is 1. The summed E-state index contributed by atoms with van der Waals surface area (Å²) in [5.41, 5.74) is 0. The number of ether oxygens (including phenoxy) is 2. The lowest BCUT2D eigenvalue weighted by atomic mass is 10.0. The van der Waals surface area contributed by atoms with Gasteiger partial charge in [-0.2, -0.15) is 0 Å². The van der Waals surface area contributed by atoms with Crippen LogP contribution in [-0.2, 0) is 14.3 Å². The van der Waals surface area contributed by atoms with Crippen molar-refractivity contribution >= 4 is 5.97 Å². The molecule has 4 nitrogen and oxygen atoms in total. The van der Waals surface area contributed by atoms with Crippen molar-refractivity contribution in [1.29, 1.82) is 0 Å². The van der Waals surface area contributed by atoms with Crippen molar-refractivity contribution in [3.05, 3.63) is 11.8 Å². The van der Waals surface area contributed by atoms with Gasteiger partial charge < -0.3 is 14.6 Å². The fourth-order valence-corrected chi connectivity index (χ4v) is 1.88. The Balaban J connectivity index is 2.44. The van der Waals surface area contributed by atoms with Crippen LogP contribution in [0.2, 0.25) is 0 Å². The van der Waals surface area contributed by atoms with Gasteiger partial charge in [0.05, 0.1) is 18.8 Å². The molecule has 1 heterocycles. The maximum Gasteiger partial charge on any atom is 0.334 e.